The maximum absolute atomic E-state index is 11.8. The van der Waals surface area contributed by atoms with Crippen LogP contribution in [-0.4, -0.2) is 23.2 Å². The molecular weight excluding hydrogens is 309 g/mol. The van der Waals surface area contributed by atoms with E-state index < -0.39 is 5.60 Å². The largest absolute Gasteiger partial charge is 0.388 e. The quantitative estimate of drug-likeness (QED) is 0.826. The highest BCUT2D eigenvalue weighted by atomic mass is 35.5. The normalized spacial score (nSPS) is 17.9. The SMILES string of the molecule is O=C(C=Cc1ccc(Cl)cc1Cl)NCC1(O)CCCCC1. The van der Waals surface area contributed by atoms with E-state index in [1.54, 1.807) is 24.3 Å². The van der Waals surface area contributed by atoms with E-state index in [0.29, 0.717) is 16.6 Å². The number of carbonyl (C=O) groups is 1. The highest BCUT2D eigenvalue weighted by Crippen LogP contribution is 2.27. The van der Waals surface area contributed by atoms with Crippen molar-refractivity contribution in [2.45, 2.75) is 37.7 Å². The molecule has 1 amide bonds. The molecule has 1 saturated carbocycles. The van der Waals surface area contributed by atoms with Crippen molar-refractivity contribution < 1.29 is 9.90 Å². The van der Waals surface area contributed by atoms with E-state index in [2.05, 4.69) is 5.32 Å². The molecule has 0 unspecified atom stereocenters. The minimum atomic E-state index is -0.750. The molecule has 0 spiro atoms. The van der Waals surface area contributed by atoms with Crippen molar-refractivity contribution in [1.29, 1.82) is 0 Å². The first-order valence-corrected chi connectivity index (χ1v) is 7.87. The predicted octanol–water partition coefficient (Wildman–Crippen LogP) is 3.82. The third-order valence-corrected chi connectivity index (χ3v) is 4.32. The molecule has 3 nitrogen and oxygen atoms in total. The lowest BCUT2D eigenvalue weighted by Crippen LogP contribution is -2.43. The van der Waals surface area contributed by atoms with Crippen LogP contribution in [0.5, 0.6) is 0 Å². The van der Waals surface area contributed by atoms with Crippen LogP contribution < -0.4 is 5.32 Å². The van der Waals surface area contributed by atoms with Gasteiger partial charge in [0.2, 0.25) is 5.91 Å². The Hall–Kier alpha value is -1.03. The predicted molar refractivity (Wildman–Crippen MR) is 86.5 cm³/mol. The second kappa shape index (κ2) is 7.30. The Morgan fingerprint density at radius 1 is 1.29 bits per heavy atom. The van der Waals surface area contributed by atoms with E-state index in [1.165, 1.54) is 6.08 Å². The zero-order chi connectivity index (χ0) is 15.3. The summed E-state index contributed by atoms with van der Waals surface area (Å²) in [7, 11) is 0. The van der Waals surface area contributed by atoms with Gasteiger partial charge < -0.3 is 10.4 Å². The van der Waals surface area contributed by atoms with Gasteiger partial charge in [0.15, 0.2) is 0 Å². The van der Waals surface area contributed by atoms with E-state index in [1.807, 2.05) is 0 Å². The van der Waals surface area contributed by atoms with Crippen LogP contribution in [0.15, 0.2) is 24.3 Å². The van der Waals surface area contributed by atoms with Gasteiger partial charge in [-0.1, -0.05) is 48.5 Å². The van der Waals surface area contributed by atoms with Gasteiger partial charge in [-0.3, -0.25) is 4.79 Å². The van der Waals surface area contributed by atoms with Crippen molar-refractivity contribution >= 4 is 35.2 Å². The van der Waals surface area contributed by atoms with Crippen LogP contribution in [0.4, 0.5) is 0 Å². The number of aliphatic hydroxyl groups is 1. The van der Waals surface area contributed by atoms with Crippen molar-refractivity contribution in [3.05, 3.63) is 39.9 Å². The smallest absolute Gasteiger partial charge is 0.244 e. The van der Waals surface area contributed by atoms with Gasteiger partial charge in [-0.25, -0.2) is 0 Å². The molecule has 0 radical (unpaired) electrons. The molecular formula is C16H19Cl2NO2. The molecule has 0 heterocycles. The summed E-state index contributed by atoms with van der Waals surface area (Å²) in [4.78, 5) is 11.8. The number of benzene rings is 1. The van der Waals surface area contributed by atoms with Crippen molar-refractivity contribution in [2.75, 3.05) is 6.54 Å². The third-order valence-electron chi connectivity index (χ3n) is 3.75. The number of halogens is 2. The van der Waals surface area contributed by atoms with Gasteiger partial charge in [-0.15, -0.1) is 0 Å². The zero-order valence-corrected chi connectivity index (χ0v) is 13.3. The van der Waals surface area contributed by atoms with Crippen LogP contribution in [0.1, 0.15) is 37.7 Å². The third kappa shape index (κ3) is 5.03. The monoisotopic (exact) mass is 327 g/mol. The highest BCUT2D eigenvalue weighted by molar-refractivity contribution is 6.35. The Kier molecular flexibility index (Phi) is 5.68. The van der Waals surface area contributed by atoms with Crippen molar-refractivity contribution in [3.63, 3.8) is 0 Å². The van der Waals surface area contributed by atoms with Gasteiger partial charge in [0, 0.05) is 22.7 Å². The van der Waals surface area contributed by atoms with Gasteiger partial charge in [-0.2, -0.15) is 0 Å². The lowest BCUT2D eigenvalue weighted by Gasteiger charge is -2.31. The maximum atomic E-state index is 11.8. The first-order chi connectivity index (χ1) is 9.98. The Balaban J connectivity index is 1.87. The fourth-order valence-electron chi connectivity index (χ4n) is 2.50. The average molecular weight is 328 g/mol. The molecule has 1 aliphatic carbocycles. The van der Waals surface area contributed by atoms with Crippen LogP contribution >= 0.6 is 23.2 Å². The number of amides is 1. The fourth-order valence-corrected chi connectivity index (χ4v) is 2.97. The summed E-state index contributed by atoms with van der Waals surface area (Å²) in [6, 6.07) is 5.10. The first kappa shape index (κ1) is 16.3. The Morgan fingerprint density at radius 2 is 2.00 bits per heavy atom. The first-order valence-electron chi connectivity index (χ1n) is 7.12. The van der Waals surface area contributed by atoms with Gasteiger partial charge in [0.25, 0.3) is 0 Å². The molecule has 0 atom stereocenters. The molecule has 1 aromatic carbocycles. The van der Waals surface area contributed by atoms with Crippen LogP contribution in [0.25, 0.3) is 6.08 Å². The molecule has 1 fully saturated rings. The fraction of sp³-hybridized carbons (Fsp3) is 0.438. The second-order valence-corrected chi connectivity index (χ2v) is 6.35. The average Bonchev–Trinajstić information content (AvgIpc) is 2.45. The highest BCUT2D eigenvalue weighted by Gasteiger charge is 2.29. The second-order valence-electron chi connectivity index (χ2n) is 5.50. The number of carbonyl (C=O) groups excluding carboxylic acids is 1. The minimum Gasteiger partial charge on any atom is -0.388 e. The molecule has 114 valence electrons. The standard InChI is InChI=1S/C16H19Cl2NO2/c17-13-6-4-12(14(18)10-13)5-7-15(20)19-11-16(21)8-2-1-3-9-16/h4-7,10,21H,1-3,8-9,11H2,(H,19,20). The van der Waals surface area contributed by atoms with Gasteiger partial charge >= 0.3 is 0 Å². The number of hydrogen-bond donors (Lipinski definition) is 2. The number of hydrogen-bond acceptors (Lipinski definition) is 2. The van der Waals surface area contributed by atoms with Crippen LogP contribution in [0, 0.1) is 0 Å². The Bertz CT molecular complexity index is 537. The molecule has 0 saturated heterocycles. The molecule has 0 bridgehead atoms. The number of rotatable bonds is 4. The molecule has 0 aliphatic heterocycles. The summed E-state index contributed by atoms with van der Waals surface area (Å²) in [5, 5.41) is 14.1. The summed E-state index contributed by atoms with van der Waals surface area (Å²) >= 11 is 11.8. The van der Waals surface area contributed by atoms with Crippen molar-refractivity contribution in [1.82, 2.24) is 5.32 Å². The number of nitrogens with one attached hydrogen (secondary N) is 1. The van der Waals surface area contributed by atoms with E-state index in [9.17, 15) is 9.90 Å². The van der Waals surface area contributed by atoms with Gasteiger partial charge in [0.05, 0.1) is 5.60 Å². The van der Waals surface area contributed by atoms with Crippen LogP contribution in [-0.2, 0) is 4.79 Å². The lowest BCUT2D eigenvalue weighted by molar-refractivity contribution is -0.118. The summed E-state index contributed by atoms with van der Waals surface area (Å²) in [5.74, 6) is -0.236. The molecule has 21 heavy (non-hydrogen) atoms. The van der Waals surface area contributed by atoms with Gasteiger partial charge in [0.1, 0.15) is 0 Å². The summed E-state index contributed by atoms with van der Waals surface area (Å²) < 4.78 is 0. The Morgan fingerprint density at radius 3 is 2.67 bits per heavy atom. The van der Waals surface area contributed by atoms with Crippen LogP contribution in [0.3, 0.4) is 0 Å². The molecule has 2 N–H and O–H groups in total. The molecule has 1 aliphatic rings. The Labute approximate surface area is 134 Å². The topological polar surface area (TPSA) is 49.3 Å². The van der Waals surface area contributed by atoms with Crippen LogP contribution in [0.2, 0.25) is 10.0 Å². The minimum absolute atomic E-state index is 0.236. The molecule has 2 rings (SSSR count). The maximum Gasteiger partial charge on any atom is 0.244 e. The van der Waals surface area contributed by atoms with E-state index in [0.717, 1.165) is 37.7 Å². The molecule has 0 aromatic heterocycles. The van der Waals surface area contributed by atoms with Crippen molar-refractivity contribution in [2.24, 2.45) is 0 Å². The van der Waals surface area contributed by atoms with Crippen molar-refractivity contribution in [3.8, 4) is 0 Å². The van der Waals surface area contributed by atoms with E-state index in [4.69, 9.17) is 23.2 Å². The zero-order valence-electron chi connectivity index (χ0n) is 11.7. The van der Waals surface area contributed by atoms with Gasteiger partial charge in [-0.05, 0) is 36.6 Å². The molecule has 1 aromatic rings. The van der Waals surface area contributed by atoms with E-state index >= 15 is 0 Å². The lowest BCUT2D eigenvalue weighted by atomic mass is 9.85. The molecule has 5 heteroatoms. The van der Waals surface area contributed by atoms with E-state index in [-0.39, 0.29) is 5.91 Å². The summed E-state index contributed by atoms with van der Waals surface area (Å²) in [6.07, 6.45) is 7.75. The summed E-state index contributed by atoms with van der Waals surface area (Å²) in [6.45, 7) is 0.296. The summed E-state index contributed by atoms with van der Waals surface area (Å²) in [5.41, 5.74) is -0.0211.